The van der Waals surface area contributed by atoms with Gasteiger partial charge >= 0.3 is 0 Å². The van der Waals surface area contributed by atoms with Gasteiger partial charge in [0.05, 0.1) is 19.0 Å². The number of azide groups is 1. The van der Waals surface area contributed by atoms with Crippen molar-refractivity contribution in [2.45, 2.75) is 24.5 Å². The molecule has 2 aromatic rings. The fraction of sp³-hybridized carbons (Fsp3) is 0.500. The highest BCUT2D eigenvalue weighted by atomic mass is 16.6. The van der Waals surface area contributed by atoms with Crippen molar-refractivity contribution in [3.63, 3.8) is 0 Å². The van der Waals surface area contributed by atoms with E-state index in [1.807, 2.05) is 0 Å². The Labute approximate surface area is 121 Å². The quantitative estimate of drug-likeness (QED) is 0.317. The predicted molar refractivity (Wildman–Crippen MR) is 72.3 cm³/mol. The highest BCUT2D eigenvalue weighted by molar-refractivity contribution is 5.70. The van der Waals surface area contributed by atoms with Crippen molar-refractivity contribution in [1.29, 1.82) is 0 Å². The summed E-state index contributed by atoms with van der Waals surface area (Å²) in [7, 11) is 0. The first kappa shape index (κ1) is 14.3. The maximum atomic E-state index is 11.7. The Hall–Kier alpha value is -2.66. The number of aromatic amines is 1. The van der Waals surface area contributed by atoms with Gasteiger partial charge in [0.1, 0.15) is 6.23 Å². The minimum absolute atomic E-state index is 0.0133. The van der Waals surface area contributed by atoms with E-state index >= 15 is 0 Å². The lowest BCUT2D eigenvalue weighted by Crippen LogP contribution is -2.40. The normalized spacial score (nSPS) is 27.9. The van der Waals surface area contributed by atoms with Crippen LogP contribution in [0.4, 0.5) is 5.95 Å². The summed E-state index contributed by atoms with van der Waals surface area (Å²) in [4.78, 5) is 24.5. The van der Waals surface area contributed by atoms with E-state index in [2.05, 4.69) is 25.0 Å². The van der Waals surface area contributed by atoms with Gasteiger partial charge in [0.15, 0.2) is 16.9 Å². The van der Waals surface area contributed by atoms with E-state index in [-0.39, 0.29) is 23.5 Å². The molecule has 22 heavy (non-hydrogen) atoms. The van der Waals surface area contributed by atoms with Crippen LogP contribution in [0.1, 0.15) is 12.6 Å². The Morgan fingerprint density at radius 2 is 2.50 bits per heavy atom. The maximum absolute atomic E-state index is 11.7. The zero-order valence-electron chi connectivity index (χ0n) is 11.1. The number of aromatic nitrogens is 4. The molecular formula is C10H12N8O4. The lowest BCUT2D eigenvalue weighted by atomic mass is 10.1. The topological polar surface area (TPSA) is 188 Å². The summed E-state index contributed by atoms with van der Waals surface area (Å²) < 4.78 is 6.88. The number of nitrogens with zero attached hydrogens (tertiary/aromatic N) is 6. The van der Waals surface area contributed by atoms with E-state index in [9.17, 15) is 15.0 Å². The number of nitrogen functional groups attached to an aromatic ring is 1. The molecule has 0 aliphatic carbocycles. The summed E-state index contributed by atoms with van der Waals surface area (Å²) in [6, 6.07) is 0. The highest BCUT2D eigenvalue weighted by Gasteiger charge is 2.48. The van der Waals surface area contributed by atoms with Crippen molar-refractivity contribution in [1.82, 2.24) is 19.5 Å². The first-order chi connectivity index (χ1) is 10.5. The molecule has 12 heteroatoms. The third-order valence-electron chi connectivity index (χ3n) is 3.49. The van der Waals surface area contributed by atoms with Gasteiger partial charge in [0.25, 0.3) is 5.56 Å². The number of hydrogen-bond acceptors (Lipinski definition) is 8. The van der Waals surface area contributed by atoms with Crippen molar-refractivity contribution in [3.05, 3.63) is 27.1 Å². The number of H-pyrrole nitrogens is 1. The first-order valence-electron chi connectivity index (χ1n) is 6.26. The zero-order valence-corrected chi connectivity index (χ0v) is 11.1. The Kier molecular flexibility index (Phi) is 3.22. The van der Waals surface area contributed by atoms with Crippen LogP contribution in [0.3, 0.4) is 0 Å². The summed E-state index contributed by atoms with van der Waals surface area (Å²) in [6.07, 6.45) is -0.742. The van der Waals surface area contributed by atoms with Crippen LogP contribution in [0.2, 0.25) is 0 Å². The number of nitrogens with one attached hydrogen (secondary N) is 1. The fourth-order valence-electron chi connectivity index (χ4n) is 2.40. The van der Waals surface area contributed by atoms with Crippen molar-refractivity contribution >= 4 is 17.1 Å². The molecule has 3 atom stereocenters. The van der Waals surface area contributed by atoms with E-state index in [4.69, 9.17) is 16.0 Å². The SMILES string of the molecule is [N-]=[N+]=N[C@]1(CO)O[C@@H](n2cnc3c(=O)[nH]c(N)nc32)CC1O. The van der Waals surface area contributed by atoms with Crippen molar-refractivity contribution in [3.8, 4) is 0 Å². The smallest absolute Gasteiger partial charge is 0.280 e. The van der Waals surface area contributed by atoms with Crippen LogP contribution in [0.15, 0.2) is 16.2 Å². The molecule has 0 radical (unpaired) electrons. The van der Waals surface area contributed by atoms with Gasteiger partial charge in [0, 0.05) is 11.3 Å². The molecule has 3 heterocycles. The third kappa shape index (κ3) is 1.98. The number of anilines is 1. The average Bonchev–Trinajstić information content (AvgIpc) is 3.02. The Morgan fingerprint density at radius 3 is 3.18 bits per heavy atom. The van der Waals surface area contributed by atoms with Crippen LogP contribution in [0.25, 0.3) is 21.6 Å². The third-order valence-corrected chi connectivity index (χ3v) is 3.49. The van der Waals surface area contributed by atoms with Crippen molar-refractivity contribution < 1.29 is 14.9 Å². The van der Waals surface area contributed by atoms with Crippen molar-refractivity contribution in [2.75, 3.05) is 12.3 Å². The summed E-state index contributed by atoms with van der Waals surface area (Å²) in [5, 5.41) is 22.7. The number of hydrogen-bond donors (Lipinski definition) is 4. The molecule has 0 bridgehead atoms. The van der Waals surface area contributed by atoms with Crippen LogP contribution in [0, 0.1) is 0 Å². The number of aliphatic hydroxyl groups is 2. The molecule has 3 rings (SSSR count). The molecule has 116 valence electrons. The highest BCUT2D eigenvalue weighted by Crippen LogP contribution is 2.38. The largest absolute Gasteiger partial charge is 0.393 e. The first-order valence-corrected chi connectivity index (χ1v) is 6.26. The molecule has 0 saturated carbocycles. The van der Waals surface area contributed by atoms with E-state index in [1.165, 1.54) is 10.9 Å². The van der Waals surface area contributed by atoms with Gasteiger partial charge < -0.3 is 20.7 Å². The zero-order chi connectivity index (χ0) is 15.9. The minimum Gasteiger partial charge on any atom is -0.393 e. The monoisotopic (exact) mass is 308 g/mol. The van der Waals surface area contributed by atoms with Gasteiger partial charge in [-0.2, -0.15) is 4.98 Å². The van der Waals surface area contributed by atoms with E-state index < -0.39 is 30.2 Å². The summed E-state index contributed by atoms with van der Waals surface area (Å²) in [5.74, 6) is -0.0961. The van der Waals surface area contributed by atoms with Crippen LogP contribution < -0.4 is 11.3 Å². The number of ether oxygens (including phenoxy) is 1. The average molecular weight is 308 g/mol. The van der Waals surface area contributed by atoms with Crippen LogP contribution in [-0.4, -0.2) is 48.2 Å². The number of rotatable bonds is 3. The number of nitrogens with two attached hydrogens (primary N) is 1. The van der Waals surface area contributed by atoms with Gasteiger partial charge in [0.2, 0.25) is 5.95 Å². The van der Waals surface area contributed by atoms with Gasteiger partial charge in [-0.1, -0.05) is 5.11 Å². The molecule has 12 nitrogen and oxygen atoms in total. The van der Waals surface area contributed by atoms with Crippen LogP contribution in [-0.2, 0) is 4.74 Å². The second-order valence-corrected chi connectivity index (χ2v) is 4.79. The molecule has 1 aliphatic heterocycles. The summed E-state index contributed by atoms with van der Waals surface area (Å²) >= 11 is 0. The molecule has 0 aromatic carbocycles. The van der Waals surface area contributed by atoms with Crippen molar-refractivity contribution in [2.24, 2.45) is 5.11 Å². The molecule has 0 spiro atoms. The Morgan fingerprint density at radius 1 is 1.73 bits per heavy atom. The van der Waals surface area contributed by atoms with Gasteiger partial charge in [-0.15, -0.1) is 0 Å². The lowest BCUT2D eigenvalue weighted by molar-refractivity contribution is -0.122. The maximum Gasteiger partial charge on any atom is 0.280 e. The fourth-order valence-corrected chi connectivity index (χ4v) is 2.40. The molecule has 2 aromatic heterocycles. The standard InChI is InChI=1S/C10H12N8O4/c11-9-14-7-6(8(21)15-9)13-3-18(7)5-1-4(20)10(2-19,22-5)16-17-12/h3-5,19-20H,1-2H2,(H3,11,14,15,21)/t4?,5-,10-/m1/s1. The van der Waals surface area contributed by atoms with E-state index in [1.54, 1.807) is 0 Å². The number of aliphatic hydroxyl groups excluding tert-OH is 2. The van der Waals surface area contributed by atoms with Crippen LogP contribution in [0.5, 0.6) is 0 Å². The second kappa shape index (κ2) is 4.96. The predicted octanol–water partition coefficient (Wildman–Crippen LogP) is -1.02. The molecule has 0 amide bonds. The van der Waals surface area contributed by atoms with Gasteiger partial charge in [-0.3, -0.25) is 14.3 Å². The summed E-state index contributed by atoms with van der Waals surface area (Å²) in [6.45, 7) is -0.697. The molecule has 1 fully saturated rings. The second-order valence-electron chi connectivity index (χ2n) is 4.79. The molecule has 1 saturated heterocycles. The Bertz CT molecular complexity index is 824. The van der Waals surface area contributed by atoms with Crippen LogP contribution >= 0.6 is 0 Å². The molecule has 1 unspecified atom stereocenters. The number of imidazole rings is 1. The molecule has 1 aliphatic rings. The summed E-state index contributed by atoms with van der Waals surface area (Å²) in [5.41, 5.74) is 12.0. The molecule has 5 N–H and O–H groups in total. The number of fused-ring (bicyclic) bond motifs is 1. The molecular weight excluding hydrogens is 296 g/mol. The van der Waals surface area contributed by atoms with E-state index in [0.717, 1.165) is 0 Å². The van der Waals surface area contributed by atoms with E-state index in [0.29, 0.717) is 0 Å². The Balaban J connectivity index is 2.07. The van der Waals surface area contributed by atoms with Gasteiger partial charge in [-0.05, 0) is 5.53 Å². The lowest BCUT2D eigenvalue weighted by Gasteiger charge is -2.24. The minimum atomic E-state index is -1.79. The van der Waals surface area contributed by atoms with Gasteiger partial charge in [-0.25, -0.2) is 4.98 Å².